The summed E-state index contributed by atoms with van der Waals surface area (Å²) in [6.07, 6.45) is 0. The standard InChI is InChI=1S/C11H19BrN2O3S2/c1-3-13-8-9-7-10(11(12)18-9)19(15,16)14-5-6-17-4-2/h7,13-14H,3-6,8H2,1-2H3. The van der Waals surface area contributed by atoms with Gasteiger partial charge in [-0.05, 0) is 35.5 Å². The molecule has 19 heavy (non-hydrogen) atoms. The van der Waals surface area contributed by atoms with Gasteiger partial charge in [0.15, 0.2) is 0 Å². The van der Waals surface area contributed by atoms with Crippen LogP contribution in [0.5, 0.6) is 0 Å². The van der Waals surface area contributed by atoms with Gasteiger partial charge in [-0.15, -0.1) is 11.3 Å². The minimum atomic E-state index is -3.47. The van der Waals surface area contributed by atoms with E-state index in [2.05, 4.69) is 26.0 Å². The Kier molecular flexibility index (Phi) is 7.48. The number of ether oxygens (including phenoxy) is 1. The molecule has 1 aromatic heterocycles. The van der Waals surface area contributed by atoms with Crippen LogP contribution in [0.25, 0.3) is 0 Å². The Balaban J connectivity index is 2.69. The summed E-state index contributed by atoms with van der Waals surface area (Å²) < 4.78 is 32.4. The van der Waals surface area contributed by atoms with Crippen molar-refractivity contribution in [2.45, 2.75) is 25.3 Å². The molecule has 0 bridgehead atoms. The van der Waals surface area contributed by atoms with E-state index in [0.717, 1.165) is 11.4 Å². The van der Waals surface area contributed by atoms with Crippen LogP contribution in [-0.4, -0.2) is 34.7 Å². The summed E-state index contributed by atoms with van der Waals surface area (Å²) >= 11 is 4.74. The highest BCUT2D eigenvalue weighted by atomic mass is 79.9. The first-order valence-corrected chi connectivity index (χ1v) is 9.16. The predicted molar refractivity (Wildman–Crippen MR) is 81.1 cm³/mol. The van der Waals surface area contributed by atoms with Crippen molar-refractivity contribution >= 4 is 37.3 Å². The van der Waals surface area contributed by atoms with Crippen LogP contribution in [0.4, 0.5) is 0 Å². The Labute approximate surface area is 126 Å². The van der Waals surface area contributed by atoms with E-state index >= 15 is 0 Å². The third-order valence-electron chi connectivity index (χ3n) is 2.29. The Morgan fingerprint density at radius 1 is 1.42 bits per heavy atom. The highest BCUT2D eigenvalue weighted by Gasteiger charge is 2.20. The van der Waals surface area contributed by atoms with E-state index in [1.165, 1.54) is 11.3 Å². The zero-order valence-corrected chi connectivity index (χ0v) is 14.3. The smallest absolute Gasteiger partial charge is 0.242 e. The SMILES string of the molecule is CCNCc1cc(S(=O)(=O)NCCOCC)c(Br)s1. The summed E-state index contributed by atoms with van der Waals surface area (Å²) in [6.45, 7) is 6.64. The summed E-state index contributed by atoms with van der Waals surface area (Å²) in [4.78, 5) is 1.28. The normalized spacial score (nSPS) is 11.9. The molecular weight excluding hydrogens is 352 g/mol. The largest absolute Gasteiger partial charge is 0.380 e. The maximum absolute atomic E-state index is 12.1. The molecule has 2 N–H and O–H groups in total. The molecule has 110 valence electrons. The molecule has 8 heteroatoms. The van der Waals surface area contributed by atoms with Gasteiger partial charge in [0.1, 0.15) is 4.90 Å². The van der Waals surface area contributed by atoms with E-state index in [4.69, 9.17) is 4.74 Å². The monoisotopic (exact) mass is 370 g/mol. The van der Waals surface area contributed by atoms with Gasteiger partial charge in [0.05, 0.1) is 10.4 Å². The summed E-state index contributed by atoms with van der Waals surface area (Å²) in [5, 5.41) is 3.17. The number of thiophene rings is 1. The van der Waals surface area contributed by atoms with Crippen molar-refractivity contribution in [2.75, 3.05) is 26.3 Å². The predicted octanol–water partition coefficient (Wildman–Crippen LogP) is 1.93. The Bertz CT molecular complexity index is 488. The van der Waals surface area contributed by atoms with Gasteiger partial charge in [0.25, 0.3) is 0 Å². The Morgan fingerprint density at radius 3 is 2.79 bits per heavy atom. The first kappa shape index (κ1) is 17.1. The molecule has 0 aliphatic heterocycles. The van der Waals surface area contributed by atoms with Crippen LogP contribution in [0, 0.1) is 0 Å². The van der Waals surface area contributed by atoms with Crippen molar-refractivity contribution in [2.24, 2.45) is 0 Å². The van der Waals surface area contributed by atoms with Gasteiger partial charge in [-0.3, -0.25) is 0 Å². The zero-order valence-electron chi connectivity index (χ0n) is 11.0. The van der Waals surface area contributed by atoms with E-state index in [1.807, 2.05) is 13.8 Å². The lowest BCUT2D eigenvalue weighted by atomic mass is 10.4. The first-order valence-electron chi connectivity index (χ1n) is 6.07. The number of hydrogen-bond acceptors (Lipinski definition) is 5. The molecule has 5 nitrogen and oxygen atoms in total. The number of sulfonamides is 1. The van der Waals surface area contributed by atoms with Crippen molar-refractivity contribution in [3.05, 3.63) is 14.7 Å². The summed E-state index contributed by atoms with van der Waals surface area (Å²) in [7, 11) is -3.47. The zero-order chi connectivity index (χ0) is 14.3. The van der Waals surface area contributed by atoms with Gasteiger partial charge >= 0.3 is 0 Å². The molecule has 0 aromatic carbocycles. The second-order valence-corrected chi connectivity index (χ2v) is 7.92. The molecule has 0 amide bonds. The van der Waals surface area contributed by atoms with E-state index in [-0.39, 0.29) is 6.54 Å². The molecule has 1 heterocycles. The molecule has 0 atom stereocenters. The van der Waals surface area contributed by atoms with E-state index in [0.29, 0.717) is 28.4 Å². The average molecular weight is 371 g/mol. The van der Waals surface area contributed by atoms with Gasteiger partial charge in [-0.1, -0.05) is 6.92 Å². The number of hydrogen-bond donors (Lipinski definition) is 2. The van der Waals surface area contributed by atoms with E-state index in [9.17, 15) is 8.42 Å². The lowest BCUT2D eigenvalue weighted by Gasteiger charge is -2.05. The lowest BCUT2D eigenvalue weighted by molar-refractivity contribution is 0.153. The molecule has 1 aromatic rings. The molecule has 0 radical (unpaired) electrons. The fraction of sp³-hybridized carbons (Fsp3) is 0.636. The highest BCUT2D eigenvalue weighted by Crippen LogP contribution is 2.31. The molecule has 0 saturated carbocycles. The van der Waals surface area contributed by atoms with Crippen molar-refractivity contribution < 1.29 is 13.2 Å². The molecule has 0 spiro atoms. The minimum absolute atomic E-state index is 0.279. The molecular formula is C11H19BrN2O3S2. The van der Waals surface area contributed by atoms with Crippen molar-refractivity contribution in [1.29, 1.82) is 0 Å². The number of nitrogens with one attached hydrogen (secondary N) is 2. The number of rotatable bonds is 9. The summed E-state index contributed by atoms with van der Waals surface area (Å²) in [5.41, 5.74) is 0. The second-order valence-electron chi connectivity index (χ2n) is 3.73. The van der Waals surface area contributed by atoms with Gasteiger partial charge in [0, 0.05) is 24.6 Å². The molecule has 1 rings (SSSR count). The summed E-state index contributed by atoms with van der Waals surface area (Å²) in [5.74, 6) is 0. The third-order valence-corrected chi connectivity index (χ3v) is 6.00. The van der Waals surface area contributed by atoms with Crippen molar-refractivity contribution in [3.63, 3.8) is 0 Å². The Hall–Kier alpha value is 0.01000. The first-order chi connectivity index (χ1) is 9.01. The fourth-order valence-corrected chi connectivity index (χ4v) is 5.05. The van der Waals surface area contributed by atoms with E-state index in [1.54, 1.807) is 6.07 Å². The molecule has 0 fully saturated rings. The van der Waals surface area contributed by atoms with Crippen LogP contribution in [0.2, 0.25) is 0 Å². The van der Waals surface area contributed by atoms with Gasteiger partial charge in [0.2, 0.25) is 10.0 Å². The molecule has 0 saturated heterocycles. The van der Waals surface area contributed by atoms with Crippen LogP contribution >= 0.6 is 27.3 Å². The van der Waals surface area contributed by atoms with Crippen molar-refractivity contribution in [3.8, 4) is 0 Å². The van der Waals surface area contributed by atoms with E-state index < -0.39 is 10.0 Å². The Morgan fingerprint density at radius 2 is 2.16 bits per heavy atom. The van der Waals surface area contributed by atoms with Crippen LogP contribution in [0.1, 0.15) is 18.7 Å². The minimum Gasteiger partial charge on any atom is -0.380 e. The van der Waals surface area contributed by atoms with Crippen LogP contribution in [0.15, 0.2) is 14.7 Å². The molecule has 0 aliphatic carbocycles. The van der Waals surface area contributed by atoms with Gasteiger partial charge < -0.3 is 10.1 Å². The molecule has 0 unspecified atom stereocenters. The maximum atomic E-state index is 12.1. The van der Waals surface area contributed by atoms with Crippen molar-refractivity contribution in [1.82, 2.24) is 10.0 Å². The second kappa shape index (κ2) is 8.33. The maximum Gasteiger partial charge on any atom is 0.242 e. The van der Waals surface area contributed by atoms with Crippen LogP contribution in [-0.2, 0) is 21.3 Å². The highest BCUT2D eigenvalue weighted by molar-refractivity contribution is 9.11. The number of halogens is 1. The topological polar surface area (TPSA) is 67.4 Å². The average Bonchev–Trinajstić information content (AvgIpc) is 2.74. The van der Waals surface area contributed by atoms with Gasteiger partial charge in [-0.25, -0.2) is 13.1 Å². The van der Waals surface area contributed by atoms with Crippen LogP contribution < -0.4 is 10.0 Å². The third kappa shape index (κ3) is 5.49. The lowest BCUT2D eigenvalue weighted by Crippen LogP contribution is -2.27. The molecule has 0 aliphatic rings. The van der Waals surface area contributed by atoms with Gasteiger partial charge in [-0.2, -0.15) is 0 Å². The fourth-order valence-electron chi connectivity index (χ4n) is 1.39. The van der Waals surface area contributed by atoms with Crippen LogP contribution in [0.3, 0.4) is 0 Å². The summed E-state index contributed by atoms with van der Waals surface area (Å²) in [6, 6.07) is 1.69. The quantitative estimate of drug-likeness (QED) is 0.651.